The summed E-state index contributed by atoms with van der Waals surface area (Å²) in [4.78, 5) is 26.8. The Hall–Kier alpha value is -1.32. The third kappa shape index (κ3) is 9.22. The average Bonchev–Trinajstić information content (AvgIpc) is 2.63. The second kappa shape index (κ2) is 13.2. The molecular formula is C26H47NO3. The Morgan fingerprint density at radius 3 is 1.73 bits per heavy atom. The second-order valence-corrected chi connectivity index (χ2v) is 10.3. The average molecular weight is 422 g/mol. The van der Waals surface area contributed by atoms with Crippen LogP contribution in [-0.2, 0) is 14.3 Å². The highest BCUT2D eigenvalue weighted by Gasteiger charge is 2.48. The van der Waals surface area contributed by atoms with Crippen molar-refractivity contribution in [1.82, 2.24) is 4.90 Å². The van der Waals surface area contributed by atoms with Gasteiger partial charge in [0.15, 0.2) is 0 Å². The number of hydrogen-bond acceptors (Lipinski definition) is 3. The number of rotatable bonds is 14. The molecule has 0 aromatic heterocycles. The monoisotopic (exact) mass is 421 g/mol. The normalized spacial score (nSPS) is 18.2. The maximum absolute atomic E-state index is 13.1. The number of carbonyl (C=O) groups is 2. The number of amides is 1. The van der Waals surface area contributed by atoms with Crippen molar-refractivity contribution in [2.75, 3.05) is 0 Å². The van der Waals surface area contributed by atoms with E-state index in [0.717, 1.165) is 12.8 Å². The predicted molar refractivity (Wildman–Crippen MR) is 125 cm³/mol. The molecular weight excluding hydrogens is 374 g/mol. The summed E-state index contributed by atoms with van der Waals surface area (Å²) in [5, 5.41) is 0. The Bertz CT molecular complexity index is 520. The highest BCUT2D eigenvalue weighted by molar-refractivity contribution is 5.81. The van der Waals surface area contributed by atoms with Crippen molar-refractivity contribution in [2.45, 2.75) is 142 Å². The van der Waals surface area contributed by atoms with E-state index in [1.807, 2.05) is 0 Å². The van der Waals surface area contributed by atoms with Crippen LogP contribution in [0, 0.1) is 0 Å². The van der Waals surface area contributed by atoms with E-state index in [1.54, 1.807) is 0 Å². The maximum Gasteiger partial charge on any atom is 0.330 e. The lowest BCUT2D eigenvalue weighted by Crippen LogP contribution is -2.64. The molecule has 174 valence electrons. The molecule has 1 saturated heterocycles. The Labute approximate surface area is 185 Å². The molecule has 1 heterocycles. The third-order valence-corrected chi connectivity index (χ3v) is 6.36. The minimum Gasteiger partial charge on any atom is -0.459 e. The predicted octanol–water partition coefficient (Wildman–Crippen LogP) is 6.96. The SMILES string of the molecule is C=CC(=O)OC1CC(C)(C)N(C(=O)CCCCCCCCCCCCC)C(C)(C)C1. The van der Waals surface area contributed by atoms with E-state index in [4.69, 9.17) is 4.74 Å². The molecule has 4 nitrogen and oxygen atoms in total. The van der Waals surface area contributed by atoms with Crippen LogP contribution in [0.3, 0.4) is 0 Å². The summed E-state index contributed by atoms with van der Waals surface area (Å²) < 4.78 is 5.52. The van der Waals surface area contributed by atoms with Gasteiger partial charge in [0.05, 0.1) is 0 Å². The first kappa shape index (κ1) is 26.7. The van der Waals surface area contributed by atoms with E-state index in [9.17, 15) is 9.59 Å². The Balaban J connectivity index is 2.33. The number of piperidine rings is 1. The fourth-order valence-corrected chi connectivity index (χ4v) is 5.21. The van der Waals surface area contributed by atoms with E-state index >= 15 is 0 Å². The van der Waals surface area contributed by atoms with Crippen molar-refractivity contribution in [1.29, 1.82) is 0 Å². The van der Waals surface area contributed by atoms with E-state index < -0.39 is 0 Å². The standard InChI is InChI=1S/C26H47NO3/c1-7-9-10-11-12-13-14-15-16-17-18-19-23(28)27-25(3,4)20-22(21-26(27,5)6)30-24(29)8-2/h8,22H,2,7,9-21H2,1,3-6H3. The first-order valence-corrected chi connectivity index (χ1v) is 12.3. The molecule has 1 rings (SSSR count). The molecule has 1 fully saturated rings. The summed E-state index contributed by atoms with van der Waals surface area (Å²) in [6, 6.07) is 0. The van der Waals surface area contributed by atoms with Crippen molar-refractivity contribution in [3.63, 3.8) is 0 Å². The van der Waals surface area contributed by atoms with E-state index in [0.29, 0.717) is 19.3 Å². The lowest BCUT2D eigenvalue weighted by Gasteiger charge is -2.55. The van der Waals surface area contributed by atoms with Crippen molar-refractivity contribution >= 4 is 11.9 Å². The number of ether oxygens (including phenoxy) is 1. The Kier molecular flexibility index (Phi) is 11.7. The smallest absolute Gasteiger partial charge is 0.330 e. The van der Waals surface area contributed by atoms with Crippen molar-refractivity contribution in [2.24, 2.45) is 0 Å². The lowest BCUT2D eigenvalue weighted by atomic mass is 9.77. The molecule has 0 bridgehead atoms. The van der Waals surface area contributed by atoms with Gasteiger partial charge in [-0.15, -0.1) is 0 Å². The molecule has 0 spiro atoms. The summed E-state index contributed by atoms with van der Waals surface area (Å²) in [6.07, 6.45) is 17.1. The molecule has 4 heteroatoms. The van der Waals surface area contributed by atoms with Gasteiger partial charge in [-0.1, -0.05) is 77.7 Å². The molecule has 30 heavy (non-hydrogen) atoms. The highest BCUT2D eigenvalue weighted by atomic mass is 16.5. The summed E-state index contributed by atoms with van der Waals surface area (Å²) in [7, 11) is 0. The molecule has 0 atom stereocenters. The van der Waals surface area contributed by atoms with E-state index in [2.05, 4.69) is 46.1 Å². The van der Waals surface area contributed by atoms with Crippen LogP contribution < -0.4 is 0 Å². The van der Waals surface area contributed by atoms with Crippen LogP contribution in [0.4, 0.5) is 0 Å². The number of hydrogen-bond donors (Lipinski definition) is 0. The zero-order valence-corrected chi connectivity index (χ0v) is 20.4. The fraction of sp³-hybridized carbons (Fsp3) is 0.846. The van der Waals surface area contributed by atoms with Gasteiger partial charge in [0.2, 0.25) is 5.91 Å². The number of carbonyl (C=O) groups excluding carboxylic acids is 2. The first-order valence-electron chi connectivity index (χ1n) is 12.3. The topological polar surface area (TPSA) is 46.6 Å². The van der Waals surface area contributed by atoms with Crippen LogP contribution >= 0.6 is 0 Å². The van der Waals surface area contributed by atoms with Gasteiger partial charge in [0, 0.05) is 36.4 Å². The first-order chi connectivity index (χ1) is 14.1. The molecule has 0 aromatic rings. The summed E-state index contributed by atoms with van der Waals surface area (Å²) >= 11 is 0. The number of likely N-dealkylation sites (tertiary alicyclic amines) is 1. The van der Waals surface area contributed by atoms with Crippen LogP contribution in [0.2, 0.25) is 0 Å². The number of esters is 1. The zero-order chi connectivity index (χ0) is 22.6. The quantitative estimate of drug-likeness (QED) is 0.173. The van der Waals surface area contributed by atoms with Crippen molar-refractivity contribution in [3.8, 4) is 0 Å². The van der Waals surface area contributed by atoms with Crippen molar-refractivity contribution < 1.29 is 14.3 Å². The van der Waals surface area contributed by atoms with Crippen LogP contribution in [0.1, 0.15) is 125 Å². The van der Waals surface area contributed by atoms with Gasteiger partial charge in [-0.05, 0) is 34.1 Å². The molecule has 0 unspecified atom stereocenters. The van der Waals surface area contributed by atoms with Crippen molar-refractivity contribution in [3.05, 3.63) is 12.7 Å². The van der Waals surface area contributed by atoms with Gasteiger partial charge in [-0.25, -0.2) is 4.79 Å². The molecule has 1 aliphatic heterocycles. The number of unbranched alkanes of at least 4 members (excludes halogenated alkanes) is 10. The van der Waals surface area contributed by atoms with Crippen LogP contribution in [0.15, 0.2) is 12.7 Å². The maximum atomic E-state index is 13.1. The van der Waals surface area contributed by atoms with Gasteiger partial charge < -0.3 is 9.64 Å². The summed E-state index contributed by atoms with van der Waals surface area (Å²) in [5.74, 6) is -0.151. The second-order valence-electron chi connectivity index (χ2n) is 10.3. The molecule has 1 aliphatic rings. The summed E-state index contributed by atoms with van der Waals surface area (Å²) in [5.41, 5.74) is -0.661. The van der Waals surface area contributed by atoms with Gasteiger partial charge in [0.25, 0.3) is 0 Å². The number of nitrogens with zero attached hydrogens (tertiary/aromatic N) is 1. The third-order valence-electron chi connectivity index (χ3n) is 6.36. The lowest BCUT2D eigenvalue weighted by molar-refractivity contribution is -0.164. The van der Waals surface area contributed by atoms with Gasteiger partial charge in [0.1, 0.15) is 6.10 Å². The van der Waals surface area contributed by atoms with Crippen LogP contribution in [-0.4, -0.2) is 34.0 Å². The Morgan fingerprint density at radius 1 is 0.867 bits per heavy atom. The zero-order valence-electron chi connectivity index (χ0n) is 20.4. The molecule has 0 aliphatic carbocycles. The fourth-order valence-electron chi connectivity index (χ4n) is 5.21. The minimum absolute atomic E-state index is 0.175. The Morgan fingerprint density at radius 2 is 1.30 bits per heavy atom. The molecule has 0 radical (unpaired) electrons. The van der Waals surface area contributed by atoms with Gasteiger partial charge in [-0.2, -0.15) is 0 Å². The minimum atomic E-state index is -0.382. The van der Waals surface area contributed by atoms with E-state index in [1.165, 1.54) is 63.9 Å². The molecule has 0 aromatic carbocycles. The largest absolute Gasteiger partial charge is 0.459 e. The molecule has 1 amide bonds. The molecule has 0 saturated carbocycles. The molecule has 0 N–H and O–H groups in total. The highest BCUT2D eigenvalue weighted by Crippen LogP contribution is 2.40. The van der Waals surface area contributed by atoms with Gasteiger partial charge >= 0.3 is 5.97 Å². The van der Waals surface area contributed by atoms with Crippen LogP contribution in [0.5, 0.6) is 0 Å². The van der Waals surface area contributed by atoms with E-state index in [-0.39, 0.29) is 29.1 Å². The summed E-state index contributed by atoms with van der Waals surface area (Å²) in [6.45, 7) is 14.1. The van der Waals surface area contributed by atoms with Gasteiger partial charge in [-0.3, -0.25) is 4.79 Å². The van der Waals surface area contributed by atoms with Crippen LogP contribution in [0.25, 0.3) is 0 Å².